The molecule has 0 fully saturated rings. The van der Waals surface area contributed by atoms with Crippen LogP contribution >= 0.6 is 11.8 Å². The Morgan fingerprint density at radius 3 is 2.65 bits per heavy atom. The largest absolute Gasteiger partial charge is 0.486 e. The molecule has 3 aromatic carbocycles. The molecule has 5 rings (SSSR count). The highest BCUT2D eigenvalue weighted by atomic mass is 32.2. The van der Waals surface area contributed by atoms with Crippen LogP contribution in [-0.2, 0) is 11.4 Å². The fourth-order valence-corrected chi connectivity index (χ4v) is 4.18. The number of fused-ring (bicyclic) bond motifs is 1. The van der Waals surface area contributed by atoms with E-state index in [1.807, 2.05) is 66.1 Å². The molecule has 1 aromatic heterocycles. The molecule has 0 aliphatic carbocycles. The van der Waals surface area contributed by atoms with E-state index in [-0.39, 0.29) is 25.1 Å². The molecule has 1 aliphatic heterocycles. The first-order valence-electron chi connectivity index (χ1n) is 10.7. The number of para-hydroxylation sites is 1. The maximum atomic E-state index is 12.6. The van der Waals surface area contributed by atoms with Gasteiger partial charge in [-0.25, -0.2) is 0 Å². The summed E-state index contributed by atoms with van der Waals surface area (Å²) in [5, 5.41) is 12.1. The van der Waals surface area contributed by atoms with Gasteiger partial charge in [0.05, 0.1) is 5.75 Å². The quantitative estimate of drug-likeness (QED) is 0.373. The first-order valence-corrected chi connectivity index (χ1v) is 11.7. The Balaban J connectivity index is 1.28. The van der Waals surface area contributed by atoms with Crippen molar-refractivity contribution in [3.63, 3.8) is 0 Å². The minimum absolute atomic E-state index is 0.163. The fraction of sp³-hybridized carbons (Fsp3) is 0.160. The molecule has 34 heavy (non-hydrogen) atoms. The van der Waals surface area contributed by atoms with Crippen molar-refractivity contribution in [3.8, 4) is 22.9 Å². The van der Waals surface area contributed by atoms with Gasteiger partial charge in [-0.2, -0.15) is 0 Å². The molecule has 0 saturated heterocycles. The first kappa shape index (κ1) is 21.8. The Kier molecular flexibility index (Phi) is 6.35. The Bertz CT molecular complexity index is 1290. The lowest BCUT2D eigenvalue weighted by atomic mass is 10.2. The van der Waals surface area contributed by atoms with E-state index < -0.39 is 0 Å². The van der Waals surface area contributed by atoms with Gasteiger partial charge in [-0.1, -0.05) is 47.7 Å². The highest BCUT2D eigenvalue weighted by Gasteiger charge is 2.18. The summed E-state index contributed by atoms with van der Waals surface area (Å²) < 4.78 is 18.5. The fourth-order valence-electron chi connectivity index (χ4n) is 3.41. The van der Waals surface area contributed by atoms with Crippen LogP contribution in [-0.4, -0.2) is 33.2 Å². The van der Waals surface area contributed by atoms with E-state index in [4.69, 9.17) is 14.2 Å². The molecule has 0 unspecified atom stereocenters. The molecule has 0 atom stereocenters. The summed E-state index contributed by atoms with van der Waals surface area (Å²) in [4.78, 5) is 12.6. The Hall–Kier alpha value is -3.98. The second-order valence-corrected chi connectivity index (χ2v) is 8.52. The predicted octanol–water partition coefficient (Wildman–Crippen LogP) is 4.61. The van der Waals surface area contributed by atoms with Gasteiger partial charge in [0.1, 0.15) is 12.4 Å². The predicted molar refractivity (Wildman–Crippen MR) is 129 cm³/mol. The summed E-state index contributed by atoms with van der Waals surface area (Å²) in [6.45, 7) is 2.46. The zero-order chi connectivity index (χ0) is 23.3. The maximum absolute atomic E-state index is 12.6. The Morgan fingerprint density at radius 1 is 1.03 bits per heavy atom. The van der Waals surface area contributed by atoms with Crippen LogP contribution in [0.4, 0.5) is 5.69 Å². The normalized spacial score (nSPS) is 11.9. The molecule has 8 nitrogen and oxygen atoms in total. The van der Waals surface area contributed by atoms with E-state index >= 15 is 0 Å². The van der Waals surface area contributed by atoms with Crippen molar-refractivity contribution in [2.24, 2.45) is 0 Å². The number of nitrogens with one attached hydrogen (secondary N) is 1. The van der Waals surface area contributed by atoms with Gasteiger partial charge in [-0.05, 0) is 43.3 Å². The van der Waals surface area contributed by atoms with Gasteiger partial charge in [-0.15, -0.1) is 10.2 Å². The molecule has 0 bridgehead atoms. The molecule has 0 saturated carbocycles. The number of aromatic nitrogens is 3. The van der Waals surface area contributed by atoms with Gasteiger partial charge in [0.2, 0.25) is 12.7 Å². The number of amides is 1. The topological polar surface area (TPSA) is 87.5 Å². The molecule has 2 heterocycles. The zero-order valence-electron chi connectivity index (χ0n) is 18.4. The monoisotopic (exact) mass is 474 g/mol. The standard InChI is InChI=1S/C25H22N4O4S/c1-17-7-10-20(11-8-17)31-14-23-27-28-25(29(23)19-5-3-2-4-6-19)34-15-24(30)26-18-9-12-21-22(13-18)33-16-32-21/h2-13H,14-16H2,1H3,(H,26,30). The third-order valence-corrected chi connectivity index (χ3v) is 6.02. The van der Waals surface area contributed by atoms with Crippen LogP contribution in [0, 0.1) is 6.92 Å². The number of ether oxygens (including phenoxy) is 3. The number of carbonyl (C=O) groups is 1. The lowest BCUT2D eigenvalue weighted by molar-refractivity contribution is -0.113. The van der Waals surface area contributed by atoms with Crippen LogP contribution < -0.4 is 19.5 Å². The third kappa shape index (κ3) is 4.99. The van der Waals surface area contributed by atoms with Crippen molar-refractivity contribution in [3.05, 3.63) is 84.2 Å². The number of nitrogens with zero attached hydrogens (tertiary/aromatic N) is 3. The minimum atomic E-state index is -0.163. The lowest BCUT2D eigenvalue weighted by Gasteiger charge is -2.11. The van der Waals surface area contributed by atoms with Crippen LogP contribution in [0.2, 0.25) is 0 Å². The van der Waals surface area contributed by atoms with Gasteiger partial charge < -0.3 is 19.5 Å². The van der Waals surface area contributed by atoms with E-state index in [0.29, 0.717) is 28.2 Å². The third-order valence-electron chi connectivity index (χ3n) is 5.09. The van der Waals surface area contributed by atoms with Crippen molar-refractivity contribution >= 4 is 23.4 Å². The average Bonchev–Trinajstić information content (AvgIpc) is 3.49. The Morgan fingerprint density at radius 2 is 1.82 bits per heavy atom. The molecule has 1 N–H and O–H groups in total. The molecule has 0 radical (unpaired) electrons. The SMILES string of the molecule is Cc1ccc(OCc2nnc(SCC(=O)Nc3ccc4c(c3)OCO4)n2-c2ccccc2)cc1. The summed E-state index contributed by atoms with van der Waals surface area (Å²) in [6, 6.07) is 22.9. The van der Waals surface area contributed by atoms with Crippen molar-refractivity contribution in [1.82, 2.24) is 14.8 Å². The maximum Gasteiger partial charge on any atom is 0.234 e. The second-order valence-electron chi connectivity index (χ2n) is 7.58. The molecular weight excluding hydrogens is 452 g/mol. The number of benzene rings is 3. The number of aryl methyl sites for hydroxylation is 1. The van der Waals surface area contributed by atoms with E-state index in [1.54, 1.807) is 18.2 Å². The zero-order valence-corrected chi connectivity index (χ0v) is 19.2. The van der Waals surface area contributed by atoms with Gasteiger partial charge in [0.25, 0.3) is 0 Å². The number of hydrogen-bond acceptors (Lipinski definition) is 7. The highest BCUT2D eigenvalue weighted by molar-refractivity contribution is 7.99. The lowest BCUT2D eigenvalue weighted by Crippen LogP contribution is -2.14. The summed E-state index contributed by atoms with van der Waals surface area (Å²) in [5.74, 6) is 2.69. The number of rotatable bonds is 8. The average molecular weight is 475 g/mol. The van der Waals surface area contributed by atoms with Gasteiger partial charge in [0, 0.05) is 17.4 Å². The van der Waals surface area contributed by atoms with E-state index in [2.05, 4.69) is 15.5 Å². The minimum Gasteiger partial charge on any atom is -0.486 e. The number of anilines is 1. The number of thioether (sulfide) groups is 1. The van der Waals surface area contributed by atoms with Crippen molar-refractivity contribution in [1.29, 1.82) is 0 Å². The van der Waals surface area contributed by atoms with Crippen LogP contribution in [0.5, 0.6) is 17.2 Å². The van der Waals surface area contributed by atoms with Gasteiger partial charge in [-0.3, -0.25) is 9.36 Å². The van der Waals surface area contributed by atoms with E-state index in [9.17, 15) is 4.79 Å². The molecule has 4 aromatic rings. The van der Waals surface area contributed by atoms with Crippen LogP contribution in [0.25, 0.3) is 5.69 Å². The van der Waals surface area contributed by atoms with Crippen LogP contribution in [0.15, 0.2) is 78.0 Å². The van der Waals surface area contributed by atoms with Crippen LogP contribution in [0.1, 0.15) is 11.4 Å². The first-order chi connectivity index (χ1) is 16.7. The summed E-state index contributed by atoms with van der Waals surface area (Å²) in [6.07, 6.45) is 0. The van der Waals surface area contributed by atoms with Crippen molar-refractivity contribution < 1.29 is 19.0 Å². The van der Waals surface area contributed by atoms with E-state index in [1.165, 1.54) is 11.8 Å². The summed E-state index contributed by atoms with van der Waals surface area (Å²) in [5.41, 5.74) is 2.71. The summed E-state index contributed by atoms with van der Waals surface area (Å²) >= 11 is 1.30. The van der Waals surface area contributed by atoms with E-state index in [0.717, 1.165) is 17.0 Å². The van der Waals surface area contributed by atoms with Crippen LogP contribution in [0.3, 0.4) is 0 Å². The molecule has 172 valence electrons. The molecular formula is C25H22N4O4S. The van der Waals surface area contributed by atoms with Gasteiger partial charge in [0.15, 0.2) is 22.5 Å². The number of hydrogen-bond donors (Lipinski definition) is 1. The molecule has 1 amide bonds. The molecule has 0 spiro atoms. The Labute approximate surface area is 200 Å². The summed E-state index contributed by atoms with van der Waals surface area (Å²) in [7, 11) is 0. The second kappa shape index (κ2) is 9.88. The van der Waals surface area contributed by atoms with Crippen molar-refractivity contribution in [2.45, 2.75) is 18.7 Å². The van der Waals surface area contributed by atoms with Gasteiger partial charge >= 0.3 is 0 Å². The smallest absolute Gasteiger partial charge is 0.234 e. The highest BCUT2D eigenvalue weighted by Crippen LogP contribution is 2.34. The number of carbonyl (C=O) groups excluding carboxylic acids is 1. The molecule has 9 heteroatoms. The van der Waals surface area contributed by atoms with Crippen molar-refractivity contribution in [2.75, 3.05) is 17.9 Å². The molecule has 1 aliphatic rings.